The van der Waals surface area contributed by atoms with E-state index in [1.807, 2.05) is 31.2 Å². The fourth-order valence-electron chi connectivity index (χ4n) is 1.69. The number of nitrogens with one attached hydrogen (secondary N) is 2. The van der Waals surface area contributed by atoms with Gasteiger partial charge in [0.15, 0.2) is 5.96 Å². The molecule has 0 bridgehead atoms. The molecule has 0 saturated carbocycles. The lowest BCUT2D eigenvalue weighted by Gasteiger charge is -2.08. The molecule has 116 valence electrons. The molecule has 1 aromatic carbocycles. The monoisotopic (exact) mass is 290 g/mol. The predicted molar refractivity (Wildman–Crippen MR) is 88.1 cm³/mol. The third-order valence-corrected chi connectivity index (χ3v) is 2.84. The van der Waals surface area contributed by atoms with Crippen molar-refractivity contribution in [3.05, 3.63) is 29.8 Å². The summed E-state index contributed by atoms with van der Waals surface area (Å²) in [5, 5.41) is 5.93. The lowest BCUT2D eigenvalue weighted by Crippen LogP contribution is -2.34. The Balaban J connectivity index is 2.47. The molecule has 0 atom stereocenters. The molecule has 0 aliphatic rings. The molecule has 1 amide bonds. The SMILES string of the molecule is CCCC(=O)Nc1ccc(CN=C(N)NCC(C)C)cc1. The summed E-state index contributed by atoms with van der Waals surface area (Å²) in [6, 6.07) is 7.66. The average molecular weight is 290 g/mol. The zero-order valence-electron chi connectivity index (χ0n) is 13.1. The number of hydrogen-bond donors (Lipinski definition) is 3. The van der Waals surface area contributed by atoms with Gasteiger partial charge >= 0.3 is 0 Å². The lowest BCUT2D eigenvalue weighted by atomic mass is 10.2. The van der Waals surface area contributed by atoms with Gasteiger partial charge in [0.1, 0.15) is 0 Å². The Kier molecular flexibility index (Phi) is 7.29. The highest BCUT2D eigenvalue weighted by Crippen LogP contribution is 2.11. The van der Waals surface area contributed by atoms with E-state index in [9.17, 15) is 4.79 Å². The number of aliphatic imine (C=N–C) groups is 1. The van der Waals surface area contributed by atoms with Crippen LogP contribution in [0.1, 0.15) is 39.2 Å². The van der Waals surface area contributed by atoms with Gasteiger partial charge in [-0.1, -0.05) is 32.9 Å². The van der Waals surface area contributed by atoms with Gasteiger partial charge in [-0.05, 0) is 30.0 Å². The first-order chi connectivity index (χ1) is 10.0. The molecule has 0 radical (unpaired) electrons. The Labute approximate surface area is 127 Å². The molecular formula is C16H26N4O. The molecule has 0 aliphatic heterocycles. The molecule has 1 rings (SSSR count). The summed E-state index contributed by atoms with van der Waals surface area (Å²) in [4.78, 5) is 15.8. The number of carbonyl (C=O) groups is 1. The van der Waals surface area contributed by atoms with Crippen LogP contribution in [0.5, 0.6) is 0 Å². The second kappa shape index (κ2) is 9.00. The maximum absolute atomic E-state index is 11.5. The van der Waals surface area contributed by atoms with Gasteiger partial charge in [0.25, 0.3) is 0 Å². The largest absolute Gasteiger partial charge is 0.370 e. The molecule has 21 heavy (non-hydrogen) atoms. The van der Waals surface area contributed by atoms with Gasteiger partial charge in [-0.15, -0.1) is 0 Å². The molecule has 0 aliphatic carbocycles. The summed E-state index contributed by atoms with van der Waals surface area (Å²) in [7, 11) is 0. The zero-order valence-corrected chi connectivity index (χ0v) is 13.1. The maximum Gasteiger partial charge on any atom is 0.224 e. The molecule has 0 aromatic heterocycles. The van der Waals surface area contributed by atoms with Crippen LogP contribution in [-0.4, -0.2) is 18.4 Å². The van der Waals surface area contributed by atoms with Crippen LogP contribution in [0, 0.1) is 5.92 Å². The van der Waals surface area contributed by atoms with E-state index in [4.69, 9.17) is 5.73 Å². The van der Waals surface area contributed by atoms with Crippen molar-refractivity contribution in [3.8, 4) is 0 Å². The molecule has 4 N–H and O–H groups in total. The van der Waals surface area contributed by atoms with Gasteiger partial charge in [-0.2, -0.15) is 0 Å². The second-order valence-corrected chi connectivity index (χ2v) is 5.47. The molecule has 0 fully saturated rings. The Morgan fingerprint density at radius 3 is 2.52 bits per heavy atom. The van der Waals surface area contributed by atoms with E-state index in [0.29, 0.717) is 24.8 Å². The molecule has 0 spiro atoms. The summed E-state index contributed by atoms with van der Waals surface area (Å²) in [6.07, 6.45) is 1.39. The van der Waals surface area contributed by atoms with Crippen molar-refractivity contribution in [2.45, 2.75) is 40.2 Å². The highest BCUT2D eigenvalue weighted by atomic mass is 16.1. The molecule has 0 saturated heterocycles. The summed E-state index contributed by atoms with van der Waals surface area (Å²) in [6.45, 7) is 7.56. The van der Waals surface area contributed by atoms with Crippen molar-refractivity contribution in [1.29, 1.82) is 0 Å². The summed E-state index contributed by atoms with van der Waals surface area (Å²) in [5.41, 5.74) is 7.65. The van der Waals surface area contributed by atoms with Crippen molar-refractivity contribution >= 4 is 17.6 Å². The highest BCUT2D eigenvalue weighted by molar-refractivity contribution is 5.90. The van der Waals surface area contributed by atoms with Crippen LogP contribution < -0.4 is 16.4 Å². The summed E-state index contributed by atoms with van der Waals surface area (Å²) in [5.74, 6) is 1.04. The van der Waals surface area contributed by atoms with Crippen LogP contribution >= 0.6 is 0 Å². The molecule has 0 heterocycles. The number of anilines is 1. The number of nitrogens with zero attached hydrogens (tertiary/aromatic N) is 1. The molecule has 5 nitrogen and oxygen atoms in total. The number of rotatable bonds is 7. The lowest BCUT2D eigenvalue weighted by molar-refractivity contribution is -0.116. The fourth-order valence-corrected chi connectivity index (χ4v) is 1.69. The topological polar surface area (TPSA) is 79.5 Å². The Bertz CT molecular complexity index is 466. The number of hydrogen-bond acceptors (Lipinski definition) is 2. The zero-order chi connectivity index (χ0) is 15.7. The first-order valence-electron chi connectivity index (χ1n) is 7.43. The smallest absolute Gasteiger partial charge is 0.224 e. The van der Waals surface area contributed by atoms with Crippen LogP contribution in [0.4, 0.5) is 5.69 Å². The Morgan fingerprint density at radius 1 is 1.29 bits per heavy atom. The minimum Gasteiger partial charge on any atom is -0.370 e. The summed E-state index contributed by atoms with van der Waals surface area (Å²) >= 11 is 0. The van der Waals surface area contributed by atoms with Crippen LogP contribution in [0.3, 0.4) is 0 Å². The number of amides is 1. The average Bonchev–Trinajstić information content (AvgIpc) is 2.44. The van der Waals surface area contributed by atoms with Gasteiger partial charge in [0, 0.05) is 18.7 Å². The first kappa shape index (κ1) is 17.0. The van der Waals surface area contributed by atoms with Gasteiger partial charge in [-0.25, -0.2) is 4.99 Å². The van der Waals surface area contributed by atoms with E-state index in [1.165, 1.54) is 0 Å². The second-order valence-electron chi connectivity index (χ2n) is 5.47. The van der Waals surface area contributed by atoms with Crippen molar-refractivity contribution < 1.29 is 4.79 Å². The highest BCUT2D eigenvalue weighted by Gasteiger charge is 2.01. The van der Waals surface area contributed by atoms with Gasteiger partial charge in [0.05, 0.1) is 6.54 Å². The van der Waals surface area contributed by atoms with E-state index in [-0.39, 0.29) is 5.91 Å². The van der Waals surface area contributed by atoms with E-state index in [0.717, 1.165) is 24.2 Å². The maximum atomic E-state index is 11.5. The van der Waals surface area contributed by atoms with Crippen LogP contribution in [-0.2, 0) is 11.3 Å². The number of carbonyl (C=O) groups excluding carboxylic acids is 1. The Morgan fingerprint density at radius 2 is 1.95 bits per heavy atom. The van der Waals surface area contributed by atoms with Crippen LogP contribution in [0.25, 0.3) is 0 Å². The quantitative estimate of drug-likeness (QED) is 0.533. The van der Waals surface area contributed by atoms with Crippen molar-refractivity contribution in [2.24, 2.45) is 16.6 Å². The number of benzene rings is 1. The first-order valence-corrected chi connectivity index (χ1v) is 7.43. The Hall–Kier alpha value is -2.04. The van der Waals surface area contributed by atoms with E-state index >= 15 is 0 Å². The van der Waals surface area contributed by atoms with Crippen LogP contribution in [0.2, 0.25) is 0 Å². The predicted octanol–water partition coefficient (Wildman–Crippen LogP) is 2.49. The van der Waals surface area contributed by atoms with Crippen molar-refractivity contribution in [3.63, 3.8) is 0 Å². The third kappa shape index (κ3) is 7.34. The number of nitrogens with two attached hydrogens (primary N) is 1. The minimum atomic E-state index is 0.0467. The molecule has 5 heteroatoms. The minimum absolute atomic E-state index is 0.0467. The fraction of sp³-hybridized carbons (Fsp3) is 0.500. The molecular weight excluding hydrogens is 264 g/mol. The third-order valence-electron chi connectivity index (χ3n) is 2.84. The van der Waals surface area contributed by atoms with Crippen molar-refractivity contribution in [1.82, 2.24) is 5.32 Å². The normalized spacial score (nSPS) is 11.5. The van der Waals surface area contributed by atoms with E-state index < -0.39 is 0 Å². The van der Waals surface area contributed by atoms with E-state index in [2.05, 4.69) is 29.5 Å². The van der Waals surface area contributed by atoms with Gasteiger partial charge < -0.3 is 16.4 Å². The molecule has 0 unspecified atom stereocenters. The van der Waals surface area contributed by atoms with Gasteiger partial charge in [0.2, 0.25) is 5.91 Å². The molecule has 1 aromatic rings. The summed E-state index contributed by atoms with van der Waals surface area (Å²) < 4.78 is 0. The van der Waals surface area contributed by atoms with Gasteiger partial charge in [-0.3, -0.25) is 4.79 Å². The van der Waals surface area contributed by atoms with Crippen molar-refractivity contribution in [2.75, 3.05) is 11.9 Å². The van der Waals surface area contributed by atoms with E-state index in [1.54, 1.807) is 0 Å². The standard InChI is InChI=1S/C16H26N4O/c1-4-5-15(21)20-14-8-6-13(7-9-14)11-19-16(17)18-10-12(2)3/h6-9,12H,4-5,10-11H2,1-3H3,(H,20,21)(H3,17,18,19). The number of guanidine groups is 1. The van der Waals surface area contributed by atoms with Crippen LogP contribution in [0.15, 0.2) is 29.3 Å².